The Kier molecular flexibility index (Phi) is 2.06. The van der Waals surface area contributed by atoms with Crippen molar-refractivity contribution in [3.05, 3.63) is 24.3 Å². The van der Waals surface area contributed by atoms with Crippen LogP contribution in [0.4, 0.5) is 0 Å². The highest BCUT2D eigenvalue weighted by Crippen LogP contribution is 2.05. The van der Waals surface area contributed by atoms with Crippen LogP contribution in [0.25, 0.3) is 5.57 Å². The molecule has 0 radical (unpaired) electrons. The third-order valence-electron chi connectivity index (χ3n) is 1.21. The highest BCUT2D eigenvalue weighted by atomic mass is 16.4. The van der Waals surface area contributed by atoms with Gasteiger partial charge in [-0.05, 0) is 12.5 Å². The van der Waals surface area contributed by atoms with Crippen LogP contribution in [-0.4, -0.2) is 21.0 Å². The van der Waals surface area contributed by atoms with Crippen LogP contribution in [0, 0.1) is 0 Å². The Morgan fingerprint density at radius 2 is 2.55 bits per heavy atom. The third kappa shape index (κ3) is 1.93. The molecule has 1 aromatic rings. The lowest BCUT2D eigenvalue weighted by molar-refractivity contribution is -0.131. The van der Waals surface area contributed by atoms with Gasteiger partial charge in [0.2, 0.25) is 0 Å². The minimum absolute atomic E-state index is 0.590. The molecule has 0 fully saturated rings. The molecule has 1 aromatic heterocycles. The molecule has 0 bridgehead atoms. The molecule has 0 aliphatic carbocycles. The fourth-order valence-corrected chi connectivity index (χ4v) is 0.734. The summed E-state index contributed by atoms with van der Waals surface area (Å²) in [5.74, 6) is -0.369. The lowest BCUT2D eigenvalue weighted by atomic mass is 10.3. The first-order valence-corrected chi connectivity index (χ1v) is 3.11. The zero-order valence-corrected chi connectivity index (χ0v) is 6.03. The summed E-state index contributed by atoms with van der Waals surface area (Å²) in [4.78, 5) is 16.9. The Hall–Kier alpha value is -1.58. The lowest BCUT2D eigenvalue weighted by Gasteiger charge is -1.91. The number of aromatic nitrogens is 2. The first-order valence-electron chi connectivity index (χ1n) is 3.11. The molecule has 0 saturated heterocycles. The molecule has 11 heavy (non-hydrogen) atoms. The van der Waals surface area contributed by atoms with Crippen molar-refractivity contribution in [2.75, 3.05) is 0 Å². The number of imidazole rings is 1. The number of carboxylic acid groups (broad SMARTS) is 1. The quantitative estimate of drug-likeness (QED) is 0.618. The van der Waals surface area contributed by atoms with E-state index in [1.165, 1.54) is 0 Å². The molecule has 0 amide bonds. The maximum absolute atomic E-state index is 10.2. The standard InChI is InChI=1S/C7H8N2O2/c1-5(4-6(10)11)7-8-2-3-9-7/h2-4H,1H3,(H,8,9)(H,10,11)/b5-4+. The summed E-state index contributed by atoms with van der Waals surface area (Å²) < 4.78 is 0. The minimum atomic E-state index is -0.959. The number of carbonyl (C=O) groups is 1. The number of rotatable bonds is 2. The van der Waals surface area contributed by atoms with Gasteiger partial charge in [0.15, 0.2) is 0 Å². The predicted molar refractivity (Wildman–Crippen MR) is 39.9 cm³/mol. The van der Waals surface area contributed by atoms with Gasteiger partial charge in [-0.2, -0.15) is 0 Å². The van der Waals surface area contributed by atoms with E-state index in [1.54, 1.807) is 19.3 Å². The van der Waals surface area contributed by atoms with Gasteiger partial charge >= 0.3 is 5.97 Å². The van der Waals surface area contributed by atoms with Gasteiger partial charge in [-0.3, -0.25) is 0 Å². The first-order chi connectivity index (χ1) is 5.20. The van der Waals surface area contributed by atoms with Crippen LogP contribution in [0.2, 0.25) is 0 Å². The zero-order valence-electron chi connectivity index (χ0n) is 6.03. The molecule has 0 aliphatic heterocycles. The zero-order chi connectivity index (χ0) is 8.27. The number of H-pyrrole nitrogens is 1. The van der Waals surface area contributed by atoms with Gasteiger partial charge in [-0.15, -0.1) is 0 Å². The van der Waals surface area contributed by atoms with Crippen LogP contribution >= 0.6 is 0 Å². The lowest BCUT2D eigenvalue weighted by Crippen LogP contribution is -1.91. The van der Waals surface area contributed by atoms with E-state index in [-0.39, 0.29) is 0 Å². The molecule has 4 nitrogen and oxygen atoms in total. The van der Waals surface area contributed by atoms with E-state index in [1.807, 2.05) is 0 Å². The summed E-state index contributed by atoms with van der Waals surface area (Å²) in [6.07, 6.45) is 4.34. The number of aromatic amines is 1. The molecule has 2 N–H and O–H groups in total. The van der Waals surface area contributed by atoms with Crippen LogP contribution in [0.1, 0.15) is 12.7 Å². The van der Waals surface area contributed by atoms with Crippen molar-refractivity contribution in [2.45, 2.75) is 6.92 Å². The van der Waals surface area contributed by atoms with Gasteiger partial charge in [0.1, 0.15) is 5.82 Å². The van der Waals surface area contributed by atoms with Gasteiger partial charge in [-0.25, -0.2) is 9.78 Å². The van der Waals surface area contributed by atoms with Gasteiger partial charge < -0.3 is 10.1 Å². The summed E-state index contributed by atoms with van der Waals surface area (Å²) >= 11 is 0. The van der Waals surface area contributed by atoms with E-state index in [0.29, 0.717) is 11.4 Å². The van der Waals surface area contributed by atoms with Crippen LogP contribution < -0.4 is 0 Å². The van der Waals surface area contributed by atoms with E-state index in [2.05, 4.69) is 9.97 Å². The Labute approximate surface area is 63.6 Å². The maximum Gasteiger partial charge on any atom is 0.328 e. The number of aliphatic carboxylic acids is 1. The molecular weight excluding hydrogens is 144 g/mol. The van der Waals surface area contributed by atoms with Crippen molar-refractivity contribution in [3.63, 3.8) is 0 Å². The Morgan fingerprint density at radius 3 is 3.00 bits per heavy atom. The van der Waals surface area contributed by atoms with Crippen molar-refractivity contribution in [3.8, 4) is 0 Å². The Bertz CT molecular complexity index is 275. The molecule has 0 spiro atoms. The second kappa shape index (κ2) is 3.01. The number of hydrogen-bond acceptors (Lipinski definition) is 2. The number of nitrogens with zero attached hydrogens (tertiary/aromatic N) is 1. The normalized spacial score (nSPS) is 11.5. The molecule has 0 saturated carbocycles. The Balaban J connectivity index is 2.86. The van der Waals surface area contributed by atoms with Crippen LogP contribution in [-0.2, 0) is 4.79 Å². The fraction of sp³-hybridized carbons (Fsp3) is 0.143. The molecule has 58 valence electrons. The van der Waals surface area contributed by atoms with E-state index < -0.39 is 5.97 Å². The molecule has 0 atom stereocenters. The average Bonchev–Trinajstić information content (AvgIpc) is 2.35. The van der Waals surface area contributed by atoms with Crippen LogP contribution in [0.15, 0.2) is 18.5 Å². The Morgan fingerprint density at radius 1 is 1.82 bits per heavy atom. The third-order valence-corrected chi connectivity index (χ3v) is 1.21. The monoisotopic (exact) mass is 152 g/mol. The van der Waals surface area contributed by atoms with Crippen molar-refractivity contribution in [1.29, 1.82) is 0 Å². The molecule has 1 heterocycles. The van der Waals surface area contributed by atoms with Crippen molar-refractivity contribution >= 4 is 11.5 Å². The van der Waals surface area contributed by atoms with E-state index >= 15 is 0 Å². The first kappa shape index (κ1) is 7.53. The minimum Gasteiger partial charge on any atom is -0.478 e. The molecular formula is C7H8N2O2. The van der Waals surface area contributed by atoms with E-state index in [4.69, 9.17) is 5.11 Å². The summed E-state index contributed by atoms with van der Waals surface area (Å²) in [5.41, 5.74) is 0.613. The van der Waals surface area contributed by atoms with E-state index in [0.717, 1.165) is 6.08 Å². The summed E-state index contributed by atoms with van der Waals surface area (Å²) in [6.45, 7) is 1.69. The molecule has 0 aliphatic rings. The van der Waals surface area contributed by atoms with E-state index in [9.17, 15) is 4.79 Å². The number of nitrogens with one attached hydrogen (secondary N) is 1. The number of allylic oxidation sites excluding steroid dienone is 1. The molecule has 0 unspecified atom stereocenters. The molecule has 1 rings (SSSR count). The maximum atomic E-state index is 10.2. The highest BCUT2D eigenvalue weighted by Gasteiger charge is 1.98. The van der Waals surface area contributed by atoms with Crippen LogP contribution in [0.5, 0.6) is 0 Å². The second-order valence-electron chi connectivity index (χ2n) is 2.10. The van der Waals surface area contributed by atoms with Crippen molar-refractivity contribution < 1.29 is 9.90 Å². The summed E-state index contributed by atoms with van der Waals surface area (Å²) in [7, 11) is 0. The molecule has 4 heteroatoms. The van der Waals surface area contributed by atoms with Gasteiger partial charge in [0.25, 0.3) is 0 Å². The number of hydrogen-bond donors (Lipinski definition) is 2. The number of carboxylic acids is 1. The highest BCUT2D eigenvalue weighted by molar-refractivity contribution is 5.88. The van der Waals surface area contributed by atoms with Crippen LogP contribution in [0.3, 0.4) is 0 Å². The van der Waals surface area contributed by atoms with Gasteiger partial charge in [-0.1, -0.05) is 0 Å². The summed E-state index contributed by atoms with van der Waals surface area (Å²) in [6, 6.07) is 0. The van der Waals surface area contributed by atoms with Crippen molar-refractivity contribution in [1.82, 2.24) is 9.97 Å². The fourth-order valence-electron chi connectivity index (χ4n) is 0.734. The average molecular weight is 152 g/mol. The van der Waals surface area contributed by atoms with Gasteiger partial charge in [0, 0.05) is 18.5 Å². The predicted octanol–water partition coefficient (Wildman–Crippen LogP) is 0.898. The van der Waals surface area contributed by atoms with Crippen molar-refractivity contribution in [2.24, 2.45) is 0 Å². The largest absolute Gasteiger partial charge is 0.478 e. The SMILES string of the molecule is C/C(=C\C(=O)O)c1ncc[nH]1. The topological polar surface area (TPSA) is 66.0 Å². The van der Waals surface area contributed by atoms with Gasteiger partial charge in [0.05, 0.1) is 0 Å². The molecule has 0 aromatic carbocycles. The smallest absolute Gasteiger partial charge is 0.328 e. The summed E-state index contributed by atoms with van der Waals surface area (Å²) in [5, 5.41) is 8.36. The second-order valence-corrected chi connectivity index (χ2v) is 2.10.